The minimum atomic E-state index is 0.832. The molecule has 1 aliphatic rings. The van der Waals surface area contributed by atoms with Crippen LogP contribution in [0.5, 0.6) is 0 Å². The zero-order chi connectivity index (χ0) is 13.3. The average molecular weight is 260 g/mol. The fourth-order valence-corrected chi connectivity index (χ4v) is 2.52. The topological polar surface area (TPSA) is 12.2 Å². The van der Waals surface area contributed by atoms with Gasteiger partial charge in [0.1, 0.15) is 0 Å². The van der Waals surface area contributed by atoms with E-state index in [0.29, 0.717) is 0 Å². The third-order valence-electron chi connectivity index (χ3n) is 3.68. The van der Waals surface area contributed by atoms with Gasteiger partial charge in [0.05, 0.1) is 6.42 Å². The number of benzene rings is 1. The van der Waals surface area contributed by atoms with Gasteiger partial charge in [0.25, 0.3) is 5.69 Å². The maximum atomic E-state index is 5.83. The molecule has 0 saturated heterocycles. The third-order valence-corrected chi connectivity index (χ3v) is 3.68. The molecule has 0 saturated carbocycles. The molecule has 0 bridgehead atoms. The van der Waals surface area contributed by atoms with E-state index in [1.807, 2.05) is 4.74 Å². The predicted molar refractivity (Wildman–Crippen MR) is 80.1 cm³/mol. The summed E-state index contributed by atoms with van der Waals surface area (Å²) in [4.78, 5) is 5.83. The number of unbranched alkanes of at least 4 members (excludes halogenated alkanes) is 6. The molecule has 0 N–H and O–H groups in total. The predicted octanol–water partition coefficient (Wildman–Crippen LogP) is 4.64. The average Bonchev–Trinajstić information content (AvgIpc) is 2.85. The Morgan fingerprint density at radius 1 is 1.00 bits per heavy atom. The Morgan fingerprint density at radius 3 is 2.58 bits per heavy atom. The van der Waals surface area contributed by atoms with Crippen LogP contribution in [0.1, 0.15) is 57.4 Å². The lowest BCUT2D eigenvalue weighted by Crippen LogP contribution is -2.06. The molecule has 2 rings (SSSR count). The van der Waals surface area contributed by atoms with Gasteiger partial charge in [-0.05, 0) is 12.8 Å². The quantitative estimate of drug-likeness (QED) is 0.465. The third kappa shape index (κ3) is 4.38. The first kappa shape index (κ1) is 14.1. The Kier molecular flexibility index (Phi) is 5.93. The molecule has 0 radical (unpaired) electrons. The van der Waals surface area contributed by atoms with Gasteiger partial charge in [0.15, 0.2) is 6.61 Å². The molecular weight excluding hydrogens is 234 g/mol. The number of para-hydroxylation sites is 1. The van der Waals surface area contributed by atoms with Crippen LogP contribution in [0.25, 0.3) is 0 Å². The van der Waals surface area contributed by atoms with Gasteiger partial charge >= 0.3 is 0 Å². The second-order valence-corrected chi connectivity index (χ2v) is 5.30. The van der Waals surface area contributed by atoms with Crippen LogP contribution in [0.4, 0.5) is 5.69 Å². The van der Waals surface area contributed by atoms with Gasteiger partial charge in [0.2, 0.25) is 6.21 Å². The van der Waals surface area contributed by atoms with Crippen LogP contribution in [0, 0.1) is 0 Å². The lowest BCUT2D eigenvalue weighted by molar-refractivity contribution is -0.724. The Labute approximate surface area is 117 Å². The van der Waals surface area contributed by atoms with Crippen molar-refractivity contribution in [2.24, 2.45) is 0 Å². The number of rotatable bonds is 9. The molecule has 0 fully saturated rings. The number of fused-ring (bicyclic) bond motifs is 1. The summed E-state index contributed by atoms with van der Waals surface area (Å²) in [5.41, 5.74) is 2.58. The molecule has 1 heterocycles. The van der Waals surface area contributed by atoms with Crippen molar-refractivity contribution in [1.29, 1.82) is 0 Å². The number of hydrogen-bond donors (Lipinski definition) is 0. The van der Waals surface area contributed by atoms with Crippen molar-refractivity contribution in [3.63, 3.8) is 0 Å². The Hall–Kier alpha value is -1.31. The van der Waals surface area contributed by atoms with Gasteiger partial charge in [-0.1, -0.05) is 57.2 Å². The lowest BCUT2D eigenvalue weighted by atomic mass is 10.1. The van der Waals surface area contributed by atoms with E-state index in [-0.39, 0.29) is 0 Å². The van der Waals surface area contributed by atoms with Gasteiger partial charge in [-0.3, -0.25) is 4.84 Å². The Morgan fingerprint density at radius 2 is 1.74 bits per heavy atom. The first-order valence-corrected chi connectivity index (χ1v) is 7.75. The summed E-state index contributed by atoms with van der Waals surface area (Å²) in [6.07, 6.45) is 12.4. The molecule has 19 heavy (non-hydrogen) atoms. The van der Waals surface area contributed by atoms with E-state index < -0.39 is 0 Å². The lowest BCUT2D eigenvalue weighted by Gasteiger charge is -2.02. The van der Waals surface area contributed by atoms with Crippen LogP contribution < -0.4 is 0 Å². The molecule has 1 aliphatic heterocycles. The molecule has 0 atom stereocenters. The second-order valence-electron chi connectivity index (χ2n) is 5.30. The van der Waals surface area contributed by atoms with E-state index >= 15 is 0 Å². The van der Waals surface area contributed by atoms with Crippen LogP contribution in [0.3, 0.4) is 0 Å². The minimum Gasteiger partial charge on any atom is -0.271 e. The van der Waals surface area contributed by atoms with Crippen LogP contribution >= 0.6 is 0 Å². The summed E-state index contributed by atoms with van der Waals surface area (Å²) in [5.74, 6) is 0. The number of nitrogens with zero attached hydrogens (tertiary/aromatic N) is 1. The molecule has 104 valence electrons. The molecule has 0 amide bonds. The SMILES string of the molecule is CCCCCCCCCO[N+]1=CCc2ccccc21. The van der Waals surface area contributed by atoms with E-state index in [4.69, 9.17) is 4.84 Å². The van der Waals surface area contributed by atoms with Crippen molar-refractivity contribution >= 4 is 11.9 Å². The molecule has 0 aromatic heterocycles. The standard InChI is InChI=1S/C17H26NO/c1-2-3-4-5-6-7-10-15-19-18-14-13-16-11-8-9-12-17(16)18/h8-9,11-12,14H,2-7,10,13,15H2,1H3/q+1. The monoisotopic (exact) mass is 260 g/mol. The Balaban J connectivity index is 1.58. The van der Waals surface area contributed by atoms with Crippen molar-refractivity contribution in [3.05, 3.63) is 29.8 Å². The van der Waals surface area contributed by atoms with Crippen molar-refractivity contribution in [2.45, 2.75) is 58.3 Å². The molecule has 0 aliphatic carbocycles. The van der Waals surface area contributed by atoms with Crippen molar-refractivity contribution in [3.8, 4) is 0 Å². The van der Waals surface area contributed by atoms with Gasteiger partial charge in [-0.2, -0.15) is 0 Å². The summed E-state index contributed by atoms with van der Waals surface area (Å²) >= 11 is 0. The highest BCUT2D eigenvalue weighted by molar-refractivity contribution is 5.66. The van der Waals surface area contributed by atoms with E-state index in [2.05, 4.69) is 37.4 Å². The summed E-state index contributed by atoms with van der Waals surface area (Å²) < 4.78 is 1.95. The zero-order valence-corrected chi connectivity index (χ0v) is 12.1. The first-order valence-electron chi connectivity index (χ1n) is 7.75. The molecule has 2 nitrogen and oxygen atoms in total. The summed E-state index contributed by atoms with van der Waals surface area (Å²) in [6, 6.07) is 8.46. The molecular formula is C17H26NO+. The fraction of sp³-hybridized carbons (Fsp3) is 0.588. The van der Waals surface area contributed by atoms with E-state index in [1.165, 1.54) is 56.2 Å². The maximum absolute atomic E-state index is 5.83. The molecule has 0 unspecified atom stereocenters. The second kappa shape index (κ2) is 7.98. The highest BCUT2D eigenvalue weighted by atomic mass is 16.7. The molecule has 1 aromatic rings. The van der Waals surface area contributed by atoms with E-state index in [9.17, 15) is 0 Å². The summed E-state index contributed by atoms with van der Waals surface area (Å²) in [7, 11) is 0. The van der Waals surface area contributed by atoms with Crippen LogP contribution in [0.15, 0.2) is 24.3 Å². The van der Waals surface area contributed by atoms with Crippen LogP contribution in [-0.2, 0) is 11.3 Å². The van der Waals surface area contributed by atoms with Gasteiger partial charge in [0, 0.05) is 16.4 Å². The Bertz CT molecular complexity index is 411. The highest BCUT2D eigenvalue weighted by Gasteiger charge is 2.22. The molecule has 0 spiro atoms. The van der Waals surface area contributed by atoms with Crippen LogP contribution in [0.2, 0.25) is 0 Å². The van der Waals surface area contributed by atoms with Gasteiger partial charge in [-0.25, -0.2) is 0 Å². The van der Waals surface area contributed by atoms with Gasteiger partial charge in [-0.15, -0.1) is 0 Å². The smallest absolute Gasteiger partial charge is 0.260 e. The summed E-state index contributed by atoms with van der Waals surface area (Å²) in [6.45, 7) is 3.09. The van der Waals surface area contributed by atoms with E-state index in [1.54, 1.807) is 0 Å². The zero-order valence-electron chi connectivity index (χ0n) is 12.1. The maximum Gasteiger partial charge on any atom is 0.260 e. The fourth-order valence-electron chi connectivity index (χ4n) is 2.52. The van der Waals surface area contributed by atoms with E-state index in [0.717, 1.165) is 13.0 Å². The summed E-state index contributed by atoms with van der Waals surface area (Å²) in [5, 5.41) is 0. The van der Waals surface area contributed by atoms with Crippen molar-refractivity contribution in [2.75, 3.05) is 6.61 Å². The largest absolute Gasteiger partial charge is 0.271 e. The van der Waals surface area contributed by atoms with Crippen molar-refractivity contribution in [1.82, 2.24) is 0 Å². The number of hydrogen-bond acceptors (Lipinski definition) is 1. The normalized spacial score (nSPS) is 13.2. The van der Waals surface area contributed by atoms with Crippen LogP contribution in [-0.4, -0.2) is 17.6 Å². The van der Waals surface area contributed by atoms with Crippen molar-refractivity contribution < 1.29 is 9.58 Å². The van der Waals surface area contributed by atoms with Gasteiger partial charge < -0.3 is 0 Å². The highest BCUT2D eigenvalue weighted by Crippen LogP contribution is 2.23. The minimum absolute atomic E-state index is 0.832. The molecule has 2 heteroatoms. The molecule has 1 aromatic carbocycles. The first-order chi connectivity index (χ1) is 9.42.